The number of carbonyl (C=O) groups excluding carboxylic acids is 5. The number of likely N-dealkylation sites (tertiary alicyclic amines) is 2. The van der Waals surface area contributed by atoms with Gasteiger partial charge in [-0.15, -0.1) is 0 Å². The largest absolute Gasteiger partial charge is 0.460 e. The zero-order valence-electron chi connectivity index (χ0n) is 39.5. The third kappa shape index (κ3) is 10.5. The van der Waals surface area contributed by atoms with Crippen LogP contribution in [0.15, 0.2) is 36.4 Å². The molecule has 2 saturated heterocycles. The van der Waals surface area contributed by atoms with Crippen LogP contribution >= 0.6 is 0 Å². The van der Waals surface area contributed by atoms with Crippen molar-refractivity contribution in [2.75, 3.05) is 34.4 Å². The number of ether oxygens (including phenoxy) is 3. The maximum absolute atomic E-state index is 15.1. The van der Waals surface area contributed by atoms with Crippen molar-refractivity contribution >= 4 is 51.5 Å². The third-order valence-corrected chi connectivity index (χ3v) is 14.4. The van der Waals surface area contributed by atoms with Crippen LogP contribution in [0.25, 0.3) is 22.0 Å². The molecule has 0 radical (unpaired) electrons. The van der Waals surface area contributed by atoms with Gasteiger partial charge < -0.3 is 39.6 Å². The van der Waals surface area contributed by atoms with Gasteiger partial charge in [0.05, 0.1) is 30.2 Å². The number of benzene rings is 2. The molecule has 354 valence electrons. The van der Waals surface area contributed by atoms with Crippen LogP contribution < -0.4 is 10.6 Å². The fraction of sp³-hybridized carbons (Fsp3) is 0.580. The number of fused-ring (bicyclic) bond motifs is 2. The molecule has 3 aliphatic rings. The lowest BCUT2D eigenvalue weighted by Crippen LogP contribution is -2.56. The lowest BCUT2D eigenvalue weighted by Gasteiger charge is -2.34. The summed E-state index contributed by atoms with van der Waals surface area (Å²) in [5.74, 6) is -3.24. The summed E-state index contributed by atoms with van der Waals surface area (Å²) in [5.41, 5.74) is 5.21. The number of nitrogens with one attached hydrogen (secondary N) is 3. The zero-order chi connectivity index (χ0) is 47.4. The van der Waals surface area contributed by atoms with E-state index in [0.29, 0.717) is 43.4 Å². The maximum atomic E-state index is 15.1. The highest BCUT2D eigenvalue weighted by Gasteiger charge is 2.45. The molecule has 3 N–H and O–H groups in total. The summed E-state index contributed by atoms with van der Waals surface area (Å²) in [7, 11) is 4.72. The Hall–Kier alpha value is -4.99. The normalized spacial score (nSPS) is 22.4. The highest BCUT2D eigenvalue weighted by atomic mass is 19.1. The first kappa shape index (κ1) is 49.4. The van der Waals surface area contributed by atoms with E-state index in [1.165, 1.54) is 45.4 Å². The minimum absolute atomic E-state index is 0.0144. The van der Waals surface area contributed by atoms with E-state index in [-0.39, 0.29) is 60.8 Å². The van der Waals surface area contributed by atoms with Crippen molar-refractivity contribution in [3.63, 3.8) is 0 Å². The zero-order valence-corrected chi connectivity index (χ0v) is 39.5. The van der Waals surface area contributed by atoms with Crippen LogP contribution in [0.5, 0.6) is 0 Å². The van der Waals surface area contributed by atoms with E-state index in [2.05, 4.69) is 22.5 Å². The predicted octanol–water partition coefficient (Wildman–Crippen LogP) is 6.40. The summed E-state index contributed by atoms with van der Waals surface area (Å²) in [6.07, 6.45) is 0.677. The fourth-order valence-electron chi connectivity index (χ4n) is 9.90. The topological polar surface area (TPSA) is 159 Å². The molecule has 0 spiro atoms. The molecular formula is C50H67F2N5O8. The van der Waals surface area contributed by atoms with Crippen molar-refractivity contribution in [3.05, 3.63) is 70.4 Å². The molecule has 0 unspecified atom stereocenters. The van der Waals surface area contributed by atoms with Crippen LogP contribution in [-0.2, 0) is 51.0 Å². The first-order chi connectivity index (χ1) is 30.9. The van der Waals surface area contributed by atoms with Crippen molar-refractivity contribution in [2.24, 2.45) is 17.8 Å². The van der Waals surface area contributed by atoms with Gasteiger partial charge in [0.15, 0.2) is 0 Å². The molecule has 65 heavy (non-hydrogen) atoms. The van der Waals surface area contributed by atoms with Crippen LogP contribution in [0.1, 0.15) is 103 Å². The number of H-pyrrole nitrogens is 1. The third-order valence-electron chi connectivity index (χ3n) is 14.4. The number of halogens is 2. The molecule has 2 aliphatic heterocycles. The monoisotopic (exact) mass is 903 g/mol. The molecule has 6 rings (SSSR count). The van der Waals surface area contributed by atoms with Gasteiger partial charge >= 0.3 is 5.97 Å². The Morgan fingerprint density at radius 2 is 1.54 bits per heavy atom. The van der Waals surface area contributed by atoms with E-state index >= 15 is 8.78 Å². The number of likely N-dealkylation sites (N-methyl/N-ethyl adjacent to an activating group) is 1. The van der Waals surface area contributed by atoms with Crippen LogP contribution in [0.2, 0.25) is 0 Å². The lowest BCUT2D eigenvalue weighted by atomic mass is 9.89. The molecule has 3 amide bonds. The summed E-state index contributed by atoms with van der Waals surface area (Å²) in [4.78, 5) is 75.5. The van der Waals surface area contributed by atoms with Gasteiger partial charge in [0.1, 0.15) is 29.6 Å². The van der Waals surface area contributed by atoms with Crippen LogP contribution in [0.4, 0.5) is 8.78 Å². The Morgan fingerprint density at radius 3 is 2.20 bits per heavy atom. The van der Waals surface area contributed by atoms with Gasteiger partial charge in [0.25, 0.3) is 0 Å². The highest BCUT2D eigenvalue weighted by Crippen LogP contribution is 2.46. The summed E-state index contributed by atoms with van der Waals surface area (Å²) >= 11 is 0. The summed E-state index contributed by atoms with van der Waals surface area (Å²) in [5, 5.41) is 6.67. The van der Waals surface area contributed by atoms with E-state index in [4.69, 9.17) is 14.2 Å². The Kier molecular flexibility index (Phi) is 16.1. The maximum Gasteiger partial charge on any atom is 0.302 e. The number of aromatic nitrogens is 1. The molecule has 3 aromatic rings. The Labute approximate surface area is 381 Å². The quantitative estimate of drug-likeness (QED) is 0.116. The second-order valence-electron chi connectivity index (χ2n) is 18.4. The minimum atomic E-state index is -1.02. The van der Waals surface area contributed by atoms with Crippen molar-refractivity contribution < 1.29 is 47.0 Å². The van der Waals surface area contributed by atoms with E-state index < -0.39 is 60.0 Å². The fourth-order valence-corrected chi connectivity index (χ4v) is 9.90. The number of methoxy groups -OCH3 is 2. The van der Waals surface area contributed by atoms with Crippen molar-refractivity contribution in [1.29, 1.82) is 0 Å². The molecule has 3 heterocycles. The summed E-state index contributed by atoms with van der Waals surface area (Å²) in [6.45, 7) is 13.2. The molecule has 10 atom stereocenters. The van der Waals surface area contributed by atoms with Crippen molar-refractivity contribution in [1.82, 2.24) is 25.4 Å². The molecule has 2 aromatic carbocycles. The number of rotatable bonds is 19. The van der Waals surface area contributed by atoms with E-state index in [9.17, 15) is 24.0 Å². The lowest BCUT2D eigenvalue weighted by molar-refractivity contribution is -0.150. The SMILES string of the molecule is CC[C@@H](C)C(=O)N[C@H](C(=O)N1CC[C@H](OC(C)=O)[C@H]1CC1=C(c2[nH]c3cc(F)ccc3c2C[C@@H]2[C@@H](C)CCN2C(=O)[C@@H](CC(=O)[C@H](C)NC)[C@@H](C)OC)Cc2cc(F)ccc21)[C@@H](C)OC. The molecular weight excluding hydrogens is 837 g/mol. The van der Waals surface area contributed by atoms with Crippen LogP contribution in [-0.4, -0.2) is 121 Å². The highest BCUT2D eigenvalue weighted by molar-refractivity contribution is 6.01. The molecule has 2 fully saturated rings. The molecule has 1 aliphatic carbocycles. The molecule has 1 aromatic heterocycles. The number of hydrogen-bond acceptors (Lipinski definition) is 9. The van der Waals surface area contributed by atoms with Gasteiger partial charge in [-0.1, -0.05) is 26.8 Å². The Bertz CT molecular complexity index is 2300. The number of allylic oxidation sites excluding steroid dienone is 1. The second kappa shape index (κ2) is 21.1. The summed E-state index contributed by atoms with van der Waals surface area (Å²) in [6, 6.07) is 6.78. The average Bonchev–Trinajstić information content (AvgIpc) is 4.05. The number of nitrogens with zero attached hydrogens (tertiary/aromatic N) is 2. The first-order valence-corrected chi connectivity index (χ1v) is 23.1. The first-order valence-electron chi connectivity index (χ1n) is 23.1. The van der Waals surface area contributed by atoms with Crippen LogP contribution in [0.3, 0.4) is 0 Å². The number of Topliss-reactive ketones (excluding diaryl/α,β-unsaturated/α-hetero) is 1. The van der Waals surface area contributed by atoms with E-state index in [0.717, 1.165) is 39.6 Å². The number of esters is 1. The van der Waals surface area contributed by atoms with Gasteiger partial charge in [0.2, 0.25) is 17.7 Å². The minimum Gasteiger partial charge on any atom is -0.460 e. The number of aromatic amines is 1. The number of carbonyl (C=O) groups is 5. The van der Waals surface area contributed by atoms with Gasteiger partial charge in [-0.25, -0.2) is 8.78 Å². The van der Waals surface area contributed by atoms with Gasteiger partial charge in [-0.2, -0.15) is 0 Å². The van der Waals surface area contributed by atoms with Gasteiger partial charge in [-0.3, -0.25) is 24.0 Å². The Morgan fingerprint density at radius 1 is 0.877 bits per heavy atom. The number of ketones is 1. The predicted molar refractivity (Wildman–Crippen MR) is 244 cm³/mol. The van der Waals surface area contributed by atoms with Crippen molar-refractivity contribution in [3.8, 4) is 0 Å². The van der Waals surface area contributed by atoms with E-state index in [1.54, 1.807) is 44.9 Å². The van der Waals surface area contributed by atoms with Gasteiger partial charge in [0, 0.05) is 82.1 Å². The standard InChI is InChI=1S/C50H67F2N5O8/c1-11-26(2)48(60)55-46(30(6)64-10)50(62)57-19-17-45(65-31(7)58)43(57)23-38-35-14-12-33(51)20-32(35)21-39(38)47-40(36-15-13-34(52)22-41(36)54-47)24-42-27(3)16-18-56(42)49(61)37(29(5)63-9)25-44(59)28(4)53-8/h12-15,20,22,26-30,37,42-43,45-46,53-54H,11,16-19,21,23-25H2,1-10H3,(H,55,60)/t26-,27+,28+,29-,30-,37+,42-,43-,45+,46+/m1/s1. The molecule has 15 heteroatoms. The number of amides is 3. The van der Waals surface area contributed by atoms with E-state index in [1.807, 2.05) is 18.7 Å². The average molecular weight is 904 g/mol. The molecule has 0 saturated carbocycles. The molecule has 13 nitrogen and oxygen atoms in total. The van der Waals surface area contributed by atoms with Crippen LogP contribution in [0, 0.1) is 29.4 Å². The van der Waals surface area contributed by atoms with Crippen molar-refractivity contribution in [2.45, 2.75) is 136 Å². The second-order valence-corrected chi connectivity index (χ2v) is 18.4. The molecule has 0 bridgehead atoms. The number of hydrogen-bond donors (Lipinski definition) is 3. The summed E-state index contributed by atoms with van der Waals surface area (Å²) < 4.78 is 47.4. The smallest absolute Gasteiger partial charge is 0.302 e. The van der Waals surface area contributed by atoms with Gasteiger partial charge in [-0.05, 0) is 118 Å². The Balaban J connectivity index is 1.46.